The van der Waals surface area contributed by atoms with Crippen LogP contribution in [0, 0.1) is 0 Å². The summed E-state index contributed by atoms with van der Waals surface area (Å²) in [6, 6.07) is 12.4. The molecule has 0 saturated heterocycles. The number of aryl methyl sites for hydroxylation is 1. The van der Waals surface area contributed by atoms with Crippen molar-refractivity contribution in [2.45, 2.75) is 26.3 Å². The zero-order valence-electron chi connectivity index (χ0n) is 15.0. The number of anilines is 1. The molecular weight excluding hydrogens is 318 g/mol. The molecule has 0 amide bonds. The smallest absolute Gasteiger partial charge is 0.174 e. The van der Waals surface area contributed by atoms with Gasteiger partial charge in [-0.05, 0) is 69.5 Å². The molecule has 1 N–H and O–H groups in total. The van der Waals surface area contributed by atoms with Gasteiger partial charge in [-0.25, -0.2) is 0 Å². The lowest BCUT2D eigenvalue weighted by Gasteiger charge is -2.31. The molecule has 0 radical (unpaired) electrons. The van der Waals surface area contributed by atoms with Crippen molar-refractivity contribution < 1.29 is 4.42 Å². The number of hydrogen-bond donors (Lipinski definition) is 1. The summed E-state index contributed by atoms with van der Waals surface area (Å²) in [6.45, 7) is 6.01. The quantitative estimate of drug-likeness (QED) is 0.762. The Balaban J connectivity index is 2.13. The van der Waals surface area contributed by atoms with E-state index in [0.29, 0.717) is 5.11 Å². The Morgan fingerprint density at radius 2 is 2.00 bits per heavy atom. The second-order valence-electron chi connectivity index (χ2n) is 6.17. The number of rotatable bonds is 7. The molecule has 0 aliphatic carbocycles. The Bertz CT molecular complexity index is 640. The predicted molar refractivity (Wildman–Crippen MR) is 104 cm³/mol. The second-order valence-corrected chi connectivity index (χ2v) is 6.56. The lowest BCUT2D eigenvalue weighted by molar-refractivity contribution is 0.263. The largest absolute Gasteiger partial charge is 0.467 e. The summed E-state index contributed by atoms with van der Waals surface area (Å²) in [6.07, 6.45) is 2.71. The third kappa shape index (κ3) is 5.08. The Morgan fingerprint density at radius 1 is 1.21 bits per heavy atom. The molecule has 4 nitrogen and oxygen atoms in total. The molecule has 24 heavy (non-hydrogen) atoms. The molecule has 0 bridgehead atoms. The molecule has 1 heterocycles. The maximum atomic E-state index is 5.69. The molecule has 5 heteroatoms. The molecule has 2 aromatic rings. The van der Waals surface area contributed by atoms with Gasteiger partial charge in [-0.2, -0.15) is 0 Å². The molecule has 0 unspecified atom stereocenters. The Hall–Kier alpha value is -1.85. The zero-order chi connectivity index (χ0) is 17.5. The van der Waals surface area contributed by atoms with Crippen LogP contribution in [0.25, 0.3) is 0 Å². The third-order valence-corrected chi connectivity index (χ3v) is 4.39. The van der Waals surface area contributed by atoms with Crippen LogP contribution in [0.4, 0.5) is 5.69 Å². The normalized spacial score (nSPS) is 12.2. The van der Waals surface area contributed by atoms with Crippen LogP contribution in [-0.4, -0.2) is 42.1 Å². The molecule has 1 aromatic carbocycles. The van der Waals surface area contributed by atoms with E-state index in [0.717, 1.165) is 31.0 Å². The van der Waals surface area contributed by atoms with Crippen LogP contribution in [-0.2, 0) is 6.42 Å². The summed E-state index contributed by atoms with van der Waals surface area (Å²) >= 11 is 5.69. The molecule has 0 saturated carbocycles. The first-order valence-electron chi connectivity index (χ1n) is 8.36. The van der Waals surface area contributed by atoms with E-state index in [2.05, 4.69) is 61.3 Å². The minimum Gasteiger partial charge on any atom is -0.467 e. The van der Waals surface area contributed by atoms with Crippen molar-refractivity contribution in [1.29, 1.82) is 0 Å². The molecule has 1 atom stereocenters. The summed E-state index contributed by atoms with van der Waals surface area (Å²) in [5, 5.41) is 4.10. The molecule has 1 aromatic heterocycles. The van der Waals surface area contributed by atoms with Gasteiger partial charge in [0.2, 0.25) is 0 Å². The van der Waals surface area contributed by atoms with E-state index in [4.69, 9.17) is 16.6 Å². The van der Waals surface area contributed by atoms with E-state index in [1.165, 1.54) is 5.56 Å². The van der Waals surface area contributed by atoms with E-state index >= 15 is 0 Å². The van der Waals surface area contributed by atoms with Crippen LogP contribution >= 0.6 is 12.2 Å². The van der Waals surface area contributed by atoms with Crippen molar-refractivity contribution in [2.24, 2.45) is 0 Å². The zero-order valence-corrected chi connectivity index (χ0v) is 15.8. The SMILES string of the molecule is CCc1cccc(NC(=S)N(CCN(C)C)[C@@H](C)c2ccco2)c1. The summed E-state index contributed by atoms with van der Waals surface area (Å²) in [4.78, 5) is 4.33. The summed E-state index contributed by atoms with van der Waals surface area (Å²) in [5.74, 6) is 0.917. The van der Waals surface area contributed by atoms with Gasteiger partial charge in [0.05, 0.1) is 12.3 Å². The highest BCUT2D eigenvalue weighted by atomic mass is 32.1. The van der Waals surface area contributed by atoms with Gasteiger partial charge in [0.1, 0.15) is 5.76 Å². The van der Waals surface area contributed by atoms with Gasteiger partial charge in [0, 0.05) is 18.8 Å². The standard InChI is InChI=1S/C19H27N3OS/c1-5-16-8-6-9-17(14-16)20-19(24)22(12-11-21(3)4)15(2)18-10-7-13-23-18/h6-10,13-15H,5,11-12H2,1-4H3,(H,20,24)/t15-/m0/s1. The maximum Gasteiger partial charge on any atom is 0.174 e. The van der Waals surface area contributed by atoms with Gasteiger partial charge >= 0.3 is 0 Å². The Labute approximate surface area is 150 Å². The molecule has 2 rings (SSSR count). The van der Waals surface area contributed by atoms with E-state index in [1.54, 1.807) is 6.26 Å². The molecule has 0 fully saturated rings. The topological polar surface area (TPSA) is 31.6 Å². The van der Waals surface area contributed by atoms with Crippen LogP contribution < -0.4 is 5.32 Å². The van der Waals surface area contributed by atoms with Crippen molar-refractivity contribution in [3.63, 3.8) is 0 Å². The fourth-order valence-corrected chi connectivity index (χ4v) is 2.89. The summed E-state index contributed by atoms with van der Waals surface area (Å²) in [7, 11) is 4.13. The van der Waals surface area contributed by atoms with Gasteiger partial charge in [-0.15, -0.1) is 0 Å². The number of nitrogens with zero attached hydrogens (tertiary/aromatic N) is 2. The number of furan rings is 1. The van der Waals surface area contributed by atoms with Gasteiger partial charge in [-0.1, -0.05) is 19.1 Å². The molecule has 0 aliphatic rings. The van der Waals surface area contributed by atoms with E-state index in [1.807, 2.05) is 18.2 Å². The molecular formula is C19H27N3OS. The number of likely N-dealkylation sites (N-methyl/N-ethyl adjacent to an activating group) is 1. The molecule has 0 aliphatic heterocycles. The van der Waals surface area contributed by atoms with E-state index in [-0.39, 0.29) is 6.04 Å². The van der Waals surface area contributed by atoms with Gasteiger partial charge in [0.15, 0.2) is 5.11 Å². The van der Waals surface area contributed by atoms with Crippen LogP contribution in [0.2, 0.25) is 0 Å². The average Bonchev–Trinajstić information content (AvgIpc) is 3.09. The third-order valence-electron chi connectivity index (χ3n) is 4.06. The second kappa shape index (κ2) is 8.85. The number of benzene rings is 1. The van der Waals surface area contributed by atoms with Crippen molar-refractivity contribution in [3.8, 4) is 0 Å². The lowest BCUT2D eigenvalue weighted by Crippen LogP contribution is -2.40. The maximum absolute atomic E-state index is 5.69. The molecule has 0 spiro atoms. The van der Waals surface area contributed by atoms with Gasteiger partial charge in [-0.3, -0.25) is 0 Å². The van der Waals surface area contributed by atoms with Crippen LogP contribution in [0.5, 0.6) is 0 Å². The van der Waals surface area contributed by atoms with Gasteiger partial charge < -0.3 is 19.5 Å². The van der Waals surface area contributed by atoms with Crippen molar-refractivity contribution in [2.75, 3.05) is 32.5 Å². The highest BCUT2D eigenvalue weighted by Gasteiger charge is 2.21. The van der Waals surface area contributed by atoms with Crippen molar-refractivity contribution in [1.82, 2.24) is 9.80 Å². The predicted octanol–water partition coefficient (Wildman–Crippen LogP) is 4.16. The van der Waals surface area contributed by atoms with Gasteiger partial charge in [0.25, 0.3) is 0 Å². The van der Waals surface area contributed by atoms with Crippen molar-refractivity contribution >= 4 is 23.0 Å². The number of thiocarbonyl (C=S) groups is 1. The van der Waals surface area contributed by atoms with Crippen LogP contribution in [0.15, 0.2) is 47.1 Å². The van der Waals surface area contributed by atoms with E-state index in [9.17, 15) is 0 Å². The van der Waals surface area contributed by atoms with Crippen LogP contribution in [0.3, 0.4) is 0 Å². The lowest BCUT2D eigenvalue weighted by atomic mass is 10.1. The Morgan fingerprint density at radius 3 is 2.62 bits per heavy atom. The fourth-order valence-electron chi connectivity index (χ4n) is 2.53. The molecule has 130 valence electrons. The monoisotopic (exact) mass is 345 g/mol. The first-order chi connectivity index (χ1) is 11.5. The number of hydrogen-bond acceptors (Lipinski definition) is 3. The number of nitrogens with one attached hydrogen (secondary N) is 1. The first-order valence-corrected chi connectivity index (χ1v) is 8.76. The minimum absolute atomic E-state index is 0.0781. The minimum atomic E-state index is 0.0781. The highest BCUT2D eigenvalue weighted by Crippen LogP contribution is 2.22. The summed E-state index contributed by atoms with van der Waals surface area (Å²) < 4.78 is 5.58. The average molecular weight is 346 g/mol. The van der Waals surface area contributed by atoms with E-state index < -0.39 is 0 Å². The first kappa shape index (κ1) is 18.5. The fraction of sp³-hybridized carbons (Fsp3) is 0.421. The van der Waals surface area contributed by atoms with Crippen molar-refractivity contribution in [3.05, 3.63) is 54.0 Å². The summed E-state index contributed by atoms with van der Waals surface area (Å²) in [5.41, 5.74) is 2.32. The highest BCUT2D eigenvalue weighted by molar-refractivity contribution is 7.80. The van der Waals surface area contributed by atoms with Crippen LogP contribution in [0.1, 0.15) is 31.2 Å². The Kier molecular flexibility index (Phi) is 6.82.